The van der Waals surface area contributed by atoms with Gasteiger partial charge >= 0.3 is 0 Å². The van der Waals surface area contributed by atoms with Gasteiger partial charge < -0.3 is 0 Å². The van der Waals surface area contributed by atoms with Crippen LogP contribution in [-0.4, -0.2) is 0 Å². The van der Waals surface area contributed by atoms with E-state index in [1.807, 2.05) is 40.9 Å². The Balaban J connectivity index is 1.32. The van der Waals surface area contributed by atoms with Gasteiger partial charge in [-0.05, 0) is 69.8 Å². The number of nitrogens with zero attached hydrogens (tertiary/aromatic N) is 1. The van der Waals surface area contributed by atoms with Crippen molar-refractivity contribution in [3.63, 3.8) is 0 Å². The molecule has 214 valence electrons. The van der Waals surface area contributed by atoms with Gasteiger partial charge in [0, 0.05) is 51.5 Å². The predicted molar refractivity (Wildman–Crippen MR) is 199 cm³/mol. The minimum absolute atomic E-state index is 0.675. The first-order valence-corrected chi connectivity index (χ1v) is 17.0. The summed E-state index contributed by atoms with van der Waals surface area (Å²) >= 11 is 3.70. The van der Waals surface area contributed by atoms with Crippen LogP contribution in [0, 0.1) is 11.3 Å². The molecule has 3 heteroatoms. The molecule has 0 spiro atoms. The summed E-state index contributed by atoms with van der Waals surface area (Å²) in [7, 11) is 0. The molecule has 2 heterocycles. The van der Waals surface area contributed by atoms with E-state index in [1.54, 1.807) is 0 Å². The summed E-state index contributed by atoms with van der Waals surface area (Å²) < 4.78 is 5.20. The first-order valence-electron chi connectivity index (χ1n) is 15.3. The summed E-state index contributed by atoms with van der Waals surface area (Å²) in [5.74, 6) is 0. The van der Waals surface area contributed by atoms with Crippen molar-refractivity contribution >= 4 is 63.0 Å². The van der Waals surface area contributed by atoms with Crippen LogP contribution in [0.3, 0.4) is 0 Å². The minimum atomic E-state index is 0.675. The Morgan fingerprint density at radius 2 is 0.913 bits per heavy atom. The molecule has 0 saturated heterocycles. The monoisotopic (exact) mass is 619 g/mol. The highest BCUT2D eigenvalue weighted by Crippen LogP contribution is 2.46. The molecule has 2 aromatic heterocycles. The van der Waals surface area contributed by atoms with Crippen LogP contribution in [-0.2, 0) is 0 Å². The molecular weight excluding hydrogens is 595 g/mol. The number of nitriles is 1. The SMILES string of the molecule is N#Cc1ccccc1-c1ccccc1-c1cc(-c2ccc3sc4ccccc4c3c2)ccc1-c1cccc2c1sc1ccccc12. The van der Waals surface area contributed by atoms with E-state index in [0.717, 1.165) is 22.3 Å². The van der Waals surface area contributed by atoms with Crippen molar-refractivity contribution in [3.05, 3.63) is 157 Å². The van der Waals surface area contributed by atoms with Gasteiger partial charge in [0.25, 0.3) is 0 Å². The van der Waals surface area contributed by atoms with Crippen LogP contribution < -0.4 is 0 Å². The summed E-state index contributed by atoms with van der Waals surface area (Å²) in [6.45, 7) is 0. The number of benzene rings is 7. The Hall–Kier alpha value is -5.53. The van der Waals surface area contributed by atoms with E-state index in [9.17, 15) is 5.26 Å². The summed E-state index contributed by atoms with van der Waals surface area (Å²) in [6, 6.07) is 56.7. The Bertz CT molecular complexity index is 2670. The molecule has 0 aliphatic rings. The summed E-state index contributed by atoms with van der Waals surface area (Å²) in [4.78, 5) is 0. The van der Waals surface area contributed by atoms with Crippen molar-refractivity contribution < 1.29 is 0 Å². The Morgan fingerprint density at radius 1 is 0.370 bits per heavy atom. The lowest BCUT2D eigenvalue weighted by atomic mass is 9.86. The third-order valence-electron chi connectivity index (χ3n) is 8.98. The largest absolute Gasteiger partial charge is 0.192 e. The maximum Gasteiger partial charge on any atom is 0.0998 e. The van der Waals surface area contributed by atoms with Gasteiger partial charge in [-0.15, -0.1) is 22.7 Å². The molecule has 7 aromatic carbocycles. The number of fused-ring (bicyclic) bond motifs is 6. The average Bonchev–Trinajstić information content (AvgIpc) is 3.69. The first kappa shape index (κ1) is 26.8. The predicted octanol–water partition coefficient (Wildman–Crippen LogP) is 13.0. The molecule has 1 nitrogen and oxygen atoms in total. The van der Waals surface area contributed by atoms with Crippen molar-refractivity contribution in [1.82, 2.24) is 0 Å². The van der Waals surface area contributed by atoms with Crippen LogP contribution in [0.4, 0.5) is 0 Å². The van der Waals surface area contributed by atoms with E-state index in [-0.39, 0.29) is 0 Å². The molecule has 0 unspecified atom stereocenters. The topological polar surface area (TPSA) is 23.8 Å². The molecule has 46 heavy (non-hydrogen) atoms. The molecule has 0 saturated carbocycles. The van der Waals surface area contributed by atoms with E-state index in [1.165, 1.54) is 62.6 Å². The van der Waals surface area contributed by atoms with Crippen LogP contribution in [0.2, 0.25) is 0 Å². The van der Waals surface area contributed by atoms with Crippen LogP contribution in [0.5, 0.6) is 0 Å². The number of hydrogen-bond donors (Lipinski definition) is 0. The molecule has 9 aromatic rings. The smallest absolute Gasteiger partial charge is 0.0998 e. The fourth-order valence-corrected chi connectivity index (χ4v) is 9.13. The standard InChI is InChI=1S/C43H25NS2/c44-26-29-10-1-2-11-30(29)31-12-3-4-13-32(31)38-24-27(28-21-23-42-39(25-28)35-15-6-7-18-40(35)45-42)20-22-33(38)36-16-9-17-37-34-14-5-8-19-41(34)46-43(36)37/h1-25H. The molecule has 0 N–H and O–H groups in total. The van der Waals surface area contributed by atoms with Gasteiger partial charge in [-0.25, -0.2) is 0 Å². The highest BCUT2D eigenvalue weighted by Gasteiger charge is 2.19. The van der Waals surface area contributed by atoms with E-state index in [0.29, 0.717) is 5.56 Å². The fraction of sp³-hybridized carbons (Fsp3) is 0. The van der Waals surface area contributed by atoms with Crippen molar-refractivity contribution in [2.45, 2.75) is 0 Å². The second-order valence-electron chi connectivity index (χ2n) is 11.6. The van der Waals surface area contributed by atoms with Gasteiger partial charge in [0.2, 0.25) is 0 Å². The van der Waals surface area contributed by atoms with Gasteiger partial charge in [0.15, 0.2) is 0 Å². The van der Waals surface area contributed by atoms with Crippen molar-refractivity contribution in [1.29, 1.82) is 5.26 Å². The lowest BCUT2D eigenvalue weighted by Crippen LogP contribution is -1.92. The lowest BCUT2D eigenvalue weighted by molar-refractivity contribution is 1.47. The Labute approximate surface area is 274 Å². The molecule has 0 fully saturated rings. The molecule has 0 amide bonds. The highest BCUT2D eigenvalue weighted by molar-refractivity contribution is 7.26. The van der Waals surface area contributed by atoms with Crippen LogP contribution in [0.1, 0.15) is 5.56 Å². The van der Waals surface area contributed by atoms with Gasteiger partial charge in [0.1, 0.15) is 0 Å². The summed E-state index contributed by atoms with van der Waals surface area (Å²) in [5, 5.41) is 15.2. The molecular formula is C43H25NS2. The minimum Gasteiger partial charge on any atom is -0.192 e. The second kappa shape index (κ2) is 10.8. The molecule has 0 aliphatic heterocycles. The van der Waals surface area contributed by atoms with Crippen molar-refractivity contribution in [2.75, 3.05) is 0 Å². The van der Waals surface area contributed by atoms with Crippen LogP contribution >= 0.6 is 22.7 Å². The Morgan fingerprint density at radius 3 is 1.72 bits per heavy atom. The van der Waals surface area contributed by atoms with Gasteiger partial charge in [-0.3, -0.25) is 0 Å². The van der Waals surface area contributed by atoms with Gasteiger partial charge in [-0.1, -0.05) is 115 Å². The second-order valence-corrected chi connectivity index (χ2v) is 13.7. The zero-order valence-corrected chi connectivity index (χ0v) is 26.3. The molecule has 0 aliphatic carbocycles. The third kappa shape index (κ3) is 4.27. The van der Waals surface area contributed by atoms with Gasteiger partial charge in [-0.2, -0.15) is 5.26 Å². The summed E-state index contributed by atoms with van der Waals surface area (Å²) in [5.41, 5.74) is 9.72. The molecule has 0 radical (unpaired) electrons. The number of thiophene rings is 2. The normalized spacial score (nSPS) is 11.5. The van der Waals surface area contributed by atoms with Crippen LogP contribution in [0.25, 0.3) is 84.9 Å². The zero-order valence-electron chi connectivity index (χ0n) is 24.7. The summed E-state index contributed by atoms with van der Waals surface area (Å²) in [6.07, 6.45) is 0. The van der Waals surface area contributed by atoms with Crippen LogP contribution in [0.15, 0.2) is 152 Å². The fourth-order valence-electron chi connectivity index (χ4n) is 6.81. The maximum atomic E-state index is 10.1. The molecule has 9 rings (SSSR count). The third-order valence-corrected chi connectivity index (χ3v) is 11.4. The van der Waals surface area contributed by atoms with E-state index < -0.39 is 0 Å². The van der Waals surface area contributed by atoms with E-state index in [4.69, 9.17) is 0 Å². The Kier molecular flexibility index (Phi) is 6.31. The average molecular weight is 620 g/mol. The zero-order chi connectivity index (χ0) is 30.6. The van der Waals surface area contributed by atoms with E-state index >= 15 is 0 Å². The molecule has 0 atom stereocenters. The van der Waals surface area contributed by atoms with Gasteiger partial charge in [0.05, 0.1) is 11.6 Å². The number of rotatable bonds is 4. The van der Waals surface area contributed by atoms with Crippen molar-refractivity contribution in [3.8, 4) is 50.6 Å². The van der Waals surface area contributed by atoms with E-state index in [2.05, 4.69) is 140 Å². The van der Waals surface area contributed by atoms with Crippen molar-refractivity contribution in [2.24, 2.45) is 0 Å². The first-order chi connectivity index (χ1) is 22.8. The maximum absolute atomic E-state index is 10.1. The lowest BCUT2D eigenvalue weighted by Gasteiger charge is -2.18. The number of hydrogen-bond acceptors (Lipinski definition) is 3. The molecule has 0 bridgehead atoms. The quantitative estimate of drug-likeness (QED) is 0.192. The highest BCUT2D eigenvalue weighted by atomic mass is 32.1.